The van der Waals surface area contributed by atoms with Crippen molar-refractivity contribution < 1.29 is 55.2 Å². The van der Waals surface area contributed by atoms with Gasteiger partial charge in [0.15, 0.2) is 37.4 Å². The SMILES string of the molecule is O=C1N(CCO)C(O)C(O)N1CN1C(=O)N(CN2C(=O)N(CCO)C(O)C2O)C(O)C1O. The summed E-state index contributed by atoms with van der Waals surface area (Å²) in [6, 6.07) is -2.98. The Hall–Kier alpha value is -2.51. The topological polar surface area (TPSA) is 232 Å². The largest absolute Gasteiger partial charge is 0.395 e. The molecule has 3 fully saturated rings. The van der Waals surface area contributed by atoms with Crippen LogP contribution >= 0.6 is 0 Å². The molecular weight excluding hydrogens is 440 g/mol. The minimum atomic E-state index is -1.92. The van der Waals surface area contributed by atoms with Crippen LogP contribution in [0, 0.1) is 0 Å². The van der Waals surface area contributed by atoms with Gasteiger partial charge >= 0.3 is 18.1 Å². The van der Waals surface area contributed by atoms with Gasteiger partial charge in [-0.3, -0.25) is 29.4 Å². The van der Waals surface area contributed by atoms with Crippen molar-refractivity contribution in [3.8, 4) is 0 Å². The Kier molecular flexibility index (Phi) is 6.91. The van der Waals surface area contributed by atoms with Crippen LogP contribution in [-0.2, 0) is 0 Å². The van der Waals surface area contributed by atoms with Gasteiger partial charge in [-0.05, 0) is 0 Å². The fourth-order valence-corrected chi connectivity index (χ4v) is 3.72. The van der Waals surface area contributed by atoms with E-state index in [0.29, 0.717) is 19.6 Å². The van der Waals surface area contributed by atoms with Crippen LogP contribution in [-0.4, -0.2) is 165 Å². The van der Waals surface area contributed by atoms with Crippen LogP contribution in [0.2, 0.25) is 0 Å². The summed E-state index contributed by atoms with van der Waals surface area (Å²) in [5.41, 5.74) is 0. The summed E-state index contributed by atoms with van der Waals surface area (Å²) in [5, 5.41) is 78.6. The zero-order valence-electron chi connectivity index (χ0n) is 16.7. The molecule has 3 aliphatic heterocycles. The Morgan fingerprint density at radius 2 is 0.688 bits per heavy atom. The van der Waals surface area contributed by atoms with Gasteiger partial charge in [0.25, 0.3) is 0 Å². The predicted molar refractivity (Wildman–Crippen MR) is 96.9 cm³/mol. The molecule has 6 unspecified atom stereocenters. The first-order valence-electron chi connectivity index (χ1n) is 9.58. The molecule has 0 aromatic heterocycles. The number of aliphatic hydroxyl groups excluding tert-OH is 8. The maximum atomic E-state index is 12.8. The molecule has 17 nitrogen and oxygen atoms in total. The van der Waals surface area contributed by atoms with Gasteiger partial charge < -0.3 is 40.9 Å². The fourth-order valence-electron chi connectivity index (χ4n) is 3.72. The molecule has 32 heavy (non-hydrogen) atoms. The van der Waals surface area contributed by atoms with E-state index < -0.39 is 82.0 Å². The Morgan fingerprint density at radius 1 is 0.469 bits per heavy atom. The molecule has 6 amide bonds. The van der Waals surface area contributed by atoms with Crippen LogP contribution in [0.5, 0.6) is 0 Å². The molecule has 3 aliphatic rings. The summed E-state index contributed by atoms with van der Waals surface area (Å²) >= 11 is 0. The molecule has 17 heteroatoms. The van der Waals surface area contributed by atoms with Crippen molar-refractivity contribution in [3.63, 3.8) is 0 Å². The van der Waals surface area contributed by atoms with Gasteiger partial charge in [0.2, 0.25) is 0 Å². The van der Waals surface area contributed by atoms with E-state index in [1.165, 1.54) is 0 Å². The van der Waals surface area contributed by atoms with E-state index in [2.05, 4.69) is 0 Å². The van der Waals surface area contributed by atoms with E-state index in [4.69, 9.17) is 10.2 Å². The standard InChI is InChI=1S/C15H26N6O11/c22-3-1-16-7(24)9(26)18(13(16)30)5-20-11(28)12(29)21(15(20)32)6-19-10(27)8(25)17(2-4-23)14(19)31/h7-12,22-29H,1-6H2. The van der Waals surface area contributed by atoms with Crippen LogP contribution in [0.1, 0.15) is 0 Å². The third-order valence-corrected chi connectivity index (χ3v) is 5.48. The highest BCUT2D eigenvalue weighted by molar-refractivity contribution is 5.81. The van der Waals surface area contributed by atoms with Gasteiger partial charge in [-0.25, -0.2) is 14.4 Å². The Labute approximate surface area is 180 Å². The van der Waals surface area contributed by atoms with Crippen molar-refractivity contribution in [1.82, 2.24) is 29.4 Å². The quantitative estimate of drug-likeness (QED) is 0.168. The lowest BCUT2D eigenvalue weighted by molar-refractivity contribution is -0.109. The van der Waals surface area contributed by atoms with E-state index in [9.17, 15) is 45.0 Å². The predicted octanol–water partition coefficient (Wildman–Crippen LogP) is -5.99. The van der Waals surface area contributed by atoms with Crippen molar-refractivity contribution in [2.75, 3.05) is 39.6 Å². The van der Waals surface area contributed by atoms with E-state index in [1.54, 1.807) is 0 Å². The molecule has 6 atom stereocenters. The summed E-state index contributed by atoms with van der Waals surface area (Å²) in [5.74, 6) is 0. The third-order valence-electron chi connectivity index (χ3n) is 5.48. The summed E-state index contributed by atoms with van der Waals surface area (Å²) in [7, 11) is 0. The van der Waals surface area contributed by atoms with Gasteiger partial charge in [-0.15, -0.1) is 0 Å². The van der Waals surface area contributed by atoms with E-state index in [-0.39, 0.29) is 13.1 Å². The maximum Gasteiger partial charge on any atom is 0.327 e. The minimum absolute atomic E-state index is 0.305. The Morgan fingerprint density at radius 3 is 0.938 bits per heavy atom. The average molecular weight is 466 g/mol. The molecule has 0 aromatic carbocycles. The summed E-state index contributed by atoms with van der Waals surface area (Å²) in [6.45, 7) is -3.15. The molecule has 0 aromatic rings. The molecule has 0 radical (unpaired) electrons. The highest BCUT2D eigenvalue weighted by Crippen LogP contribution is 2.27. The first kappa shape index (κ1) is 24.1. The van der Waals surface area contributed by atoms with Crippen LogP contribution in [0.3, 0.4) is 0 Å². The van der Waals surface area contributed by atoms with Gasteiger partial charge in [0.1, 0.15) is 13.3 Å². The lowest BCUT2D eigenvalue weighted by Gasteiger charge is -2.28. The fraction of sp³-hybridized carbons (Fsp3) is 0.800. The van der Waals surface area contributed by atoms with E-state index >= 15 is 0 Å². The molecule has 3 rings (SSSR count). The number of amides is 6. The monoisotopic (exact) mass is 466 g/mol. The Bertz CT molecular complexity index is 687. The normalized spacial score (nSPS) is 33.6. The van der Waals surface area contributed by atoms with Gasteiger partial charge in [-0.2, -0.15) is 0 Å². The van der Waals surface area contributed by atoms with Gasteiger partial charge in [0, 0.05) is 13.1 Å². The second kappa shape index (κ2) is 9.16. The molecule has 8 N–H and O–H groups in total. The number of hydrogen-bond donors (Lipinski definition) is 8. The molecule has 3 saturated heterocycles. The molecule has 0 aliphatic carbocycles. The zero-order valence-corrected chi connectivity index (χ0v) is 16.7. The first-order valence-corrected chi connectivity index (χ1v) is 9.58. The van der Waals surface area contributed by atoms with Crippen LogP contribution in [0.25, 0.3) is 0 Å². The van der Waals surface area contributed by atoms with Gasteiger partial charge in [0.05, 0.1) is 13.2 Å². The number of hydrogen-bond acceptors (Lipinski definition) is 11. The van der Waals surface area contributed by atoms with E-state index in [0.717, 1.165) is 9.80 Å². The van der Waals surface area contributed by atoms with Crippen LogP contribution in [0.4, 0.5) is 14.4 Å². The van der Waals surface area contributed by atoms with Crippen molar-refractivity contribution in [2.24, 2.45) is 0 Å². The lowest BCUT2D eigenvalue weighted by atomic mass is 10.4. The van der Waals surface area contributed by atoms with Crippen molar-refractivity contribution in [3.05, 3.63) is 0 Å². The highest BCUT2D eigenvalue weighted by atomic mass is 16.4. The lowest BCUT2D eigenvalue weighted by Crippen LogP contribution is -2.49. The smallest absolute Gasteiger partial charge is 0.327 e. The number of carbonyl (C=O) groups excluding carboxylic acids is 3. The molecule has 0 bridgehead atoms. The second-order valence-electron chi connectivity index (χ2n) is 7.33. The molecule has 3 heterocycles. The molecular formula is C15H26N6O11. The summed E-state index contributed by atoms with van der Waals surface area (Å²) in [4.78, 5) is 41.4. The Balaban J connectivity index is 1.73. The molecule has 0 saturated carbocycles. The third kappa shape index (κ3) is 3.77. The number of rotatable bonds is 8. The van der Waals surface area contributed by atoms with Gasteiger partial charge in [-0.1, -0.05) is 0 Å². The van der Waals surface area contributed by atoms with Crippen LogP contribution in [0.15, 0.2) is 0 Å². The molecule has 182 valence electrons. The highest BCUT2D eigenvalue weighted by Gasteiger charge is 2.52. The first-order chi connectivity index (χ1) is 15.1. The van der Waals surface area contributed by atoms with E-state index in [1.807, 2.05) is 0 Å². The minimum Gasteiger partial charge on any atom is -0.395 e. The zero-order chi connectivity index (χ0) is 23.9. The number of urea groups is 3. The van der Waals surface area contributed by atoms with Crippen molar-refractivity contribution >= 4 is 18.1 Å². The average Bonchev–Trinajstić information content (AvgIpc) is 3.18. The van der Waals surface area contributed by atoms with Crippen molar-refractivity contribution in [2.45, 2.75) is 37.4 Å². The number of aliphatic hydroxyl groups is 8. The second-order valence-corrected chi connectivity index (χ2v) is 7.33. The summed E-state index contributed by atoms with van der Waals surface area (Å²) in [6.07, 6.45) is -10.8. The number of β-amino-alcohol motifs (C(OH)–C–C–N with tert-alkyl or cyclic N) is 2. The maximum absolute atomic E-state index is 12.8. The summed E-state index contributed by atoms with van der Waals surface area (Å²) < 4.78 is 0. The van der Waals surface area contributed by atoms with Crippen LogP contribution < -0.4 is 0 Å². The molecule has 0 spiro atoms. The van der Waals surface area contributed by atoms with Crippen molar-refractivity contribution in [1.29, 1.82) is 0 Å². The number of carbonyl (C=O) groups is 3. The number of nitrogens with zero attached hydrogens (tertiary/aromatic N) is 6.